The summed E-state index contributed by atoms with van der Waals surface area (Å²) in [5.41, 5.74) is 0. The SMILES string of the molecule is CO[Si](C)(C)O[Si](C)(O[Si](C)(C)O)c1ccccc1. The van der Waals surface area contributed by atoms with Gasteiger partial charge < -0.3 is 17.5 Å². The molecule has 108 valence electrons. The lowest BCUT2D eigenvalue weighted by molar-refractivity contribution is 0.268. The predicted octanol–water partition coefficient (Wildman–Crippen LogP) is 2.04. The zero-order chi connectivity index (χ0) is 14.7. The van der Waals surface area contributed by atoms with E-state index >= 15 is 0 Å². The van der Waals surface area contributed by atoms with Crippen LogP contribution in [0.15, 0.2) is 30.3 Å². The molecule has 7 heteroatoms. The highest BCUT2D eigenvalue weighted by molar-refractivity contribution is 6.92. The van der Waals surface area contributed by atoms with Crippen LogP contribution in [0, 0.1) is 0 Å². The number of rotatable bonds is 6. The Labute approximate surface area is 119 Å². The van der Waals surface area contributed by atoms with Crippen LogP contribution in [0.25, 0.3) is 0 Å². The molecular weight excluding hydrogens is 292 g/mol. The van der Waals surface area contributed by atoms with Gasteiger partial charge in [0.1, 0.15) is 0 Å². The summed E-state index contributed by atoms with van der Waals surface area (Å²) in [5.74, 6) is 0. The summed E-state index contributed by atoms with van der Waals surface area (Å²) in [6, 6.07) is 9.86. The monoisotopic (exact) mass is 316 g/mol. The molecule has 0 fully saturated rings. The van der Waals surface area contributed by atoms with Gasteiger partial charge in [-0.25, -0.2) is 0 Å². The second kappa shape index (κ2) is 6.00. The normalized spacial score (nSPS) is 16.2. The van der Waals surface area contributed by atoms with Gasteiger partial charge in [-0.3, -0.25) is 0 Å². The molecule has 0 heterocycles. The fraction of sp³-hybridized carbons (Fsp3) is 0.500. The summed E-state index contributed by atoms with van der Waals surface area (Å²) < 4.78 is 17.7. The third-order valence-electron chi connectivity index (χ3n) is 2.67. The molecule has 0 aliphatic rings. The molecule has 1 rings (SSSR count). The van der Waals surface area contributed by atoms with Crippen LogP contribution < -0.4 is 5.19 Å². The highest BCUT2D eigenvalue weighted by Gasteiger charge is 2.45. The van der Waals surface area contributed by atoms with Crippen LogP contribution in [0.5, 0.6) is 0 Å². The zero-order valence-corrected chi connectivity index (χ0v) is 15.6. The summed E-state index contributed by atoms with van der Waals surface area (Å²) in [5, 5.41) is 1.02. The van der Waals surface area contributed by atoms with E-state index in [-0.39, 0.29) is 0 Å². The van der Waals surface area contributed by atoms with E-state index in [9.17, 15) is 4.80 Å². The van der Waals surface area contributed by atoms with Gasteiger partial charge in [-0.15, -0.1) is 0 Å². The van der Waals surface area contributed by atoms with E-state index in [4.69, 9.17) is 12.7 Å². The largest absolute Gasteiger partial charge is 0.412 e. The Hall–Kier alpha value is -0.289. The van der Waals surface area contributed by atoms with Crippen molar-refractivity contribution in [2.24, 2.45) is 0 Å². The fourth-order valence-electron chi connectivity index (χ4n) is 1.87. The highest BCUT2D eigenvalue weighted by Crippen LogP contribution is 2.20. The minimum absolute atomic E-state index is 1.02. The zero-order valence-electron chi connectivity index (χ0n) is 12.6. The second-order valence-electron chi connectivity index (χ2n) is 5.57. The van der Waals surface area contributed by atoms with Crippen LogP contribution in [0.4, 0.5) is 0 Å². The van der Waals surface area contributed by atoms with Gasteiger partial charge in [0.2, 0.25) is 0 Å². The van der Waals surface area contributed by atoms with Gasteiger partial charge in [-0.2, -0.15) is 0 Å². The van der Waals surface area contributed by atoms with E-state index in [2.05, 4.69) is 0 Å². The molecule has 0 saturated heterocycles. The molecule has 0 amide bonds. The van der Waals surface area contributed by atoms with Gasteiger partial charge in [0.15, 0.2) is 0 Å². The van der Waals surface area contributed by atoms with Crippen molar-refractivity contribution >= 4 is 30.9 Å². The Bertz CT molecular complexity index is 405. The Kier molecular flexibility index (Phi) is 5.29. The standard InChI is InChI=1S/C12H24O4Si3/c1-14-18(4,5)16-19(6,15-17(2,3)13)12-10-8-7-9-11-12/h7-11,13H,1-6H3. The van der Waals surface area contributed by atoms with Crippen molar-refractivity contribution in [2.75, 3.05) is 7.11 Å². The minimum Gasteiger partial charge on any atom is -0.412 e. The maximum absolute atomic E-state index is 10.1. The molecular formula is C12H24O4Si3. The molecule has 0 spiro atoms. The summed E-state index contributed by atoms with van der Waals surface area (Å²) in [6.07, 6.45) is 0. The molecule has 1 N–H and O–H groups in total. The van der Waals surface area contributed by atoms with E-state index in [1.807, 2.05) is 50.0 Å². The summed E-state index contributed by atoms with van der Waals surface area (Å²) in [4.78, 5) is 10.1. The van der Waals surface area contributed by atoms with Crippen LogP contribution in [0.2, 0.25) is 32.7 Å². The van der Waals surface area contributed by atoms with Crippen molar-refractivity contribution in [3.63, 3.8) is 0 Å². The van der Waals surface area contributed by atoms with Gasteiger partial charge in [0.25, 0.3) is 0 Å². The predicted molar refractivity (Wildman–Crippen MR) is 84.1 cm³/mol. The van der Waals surface area contributed by atoms with Gasteiger partial charge in [-0.05, 0) is 37.9 Å². The lowest BCUT2D eigenvalue weighted by Gasteiger charge is -2.37. The van der Waals surface area contributed by atoms with Crippen LogP contribution in [0.1, 0.15) is 0 Å². The van der Waals surface area contributed by atoms with Crippen LogP contribution in [0.3, 0.4) is 0 Å². The average Bonchev–Trinajstić information content (AvgIpc) is 2.27. The summed E-state index contributed by atoms with van der Waals surface area (Å²) >= 11 is 0. The molecule has 1 atom stereocenters. The van der Waals surface area contributed by atoms with Crippen LogP contribution >= 0.6 is 0 Å². The van der Waals surface area contributed by atoms with E-state index in [0.29, 0.717) is 0 Å². The number of hydrogen-bond acceptors (Lipinski definition) is 4. The quantitative estimate of drug-likeness (QED) is 0.816. The fourth-order valence-corrected chi connectivity index (χ4v) is 12.0. The Morgan fingerprint density at radius 3 is 1.84 bits per heavy atom. The first-order valence-corrected chi connectivity index (χ1v) is 14.3. The molecule has 0 aliphatic carbocycles. The van der Waals surface area contributed by atoms with Crippen molar-refractivity contribution in [3.8, 4) is 0 Å². The molecule has 0 aliphatic heterocycles. The first kappa shape index (κ1) is 16.8. The maximum Gasteiger partial charge on any atom is 0.351 e. The Balaban J connectivity index is 3.11. The topological polar surface area (TPSA) is 47.9 Å². The van der Waals surface area contributed by atoms with E-state index < -0.39 is 25.7 Å². The first-order chi connectivity index (χ1) is 8.58. The van der Waals surface area contributed by atoms with Crippen molar-refractivity contribution < 1.29 is 17.5 Å². The summed E-state index contributed by atoms with van der Waals surface area (Å²) in [6.45, 7) is 9.45. The van der Waals surface area contributed by atoms with Gasteiger partial charge in [-0.1, -0.05) is 30.3 Å². The molecule has 0 aromatic heterocycles. The van der Waals surface area contributed by atoms with Gasteiger partial charge >= 0.3 is 25.7 Å². The lowest BCUT2D eigenvalue weighted by atomic mass is 10.4. The van der Waals surface area contributed by atoms with E-state index in [1.165, 1.54) is 0 Å². The molecule has 0 saturated carbocycles. The molecule has 1 aromatic rings. The first-order valence-electron chi connectivity index (χ1n) is 6.31. The van der Waals surface area contributed by atoms with Crippen molar-refractivity contribution in [1.29, 1.82) is 0 Å². The average molecular weight is 317 g/mol. The van der Waals surface area contributed by atoms with Crippen molar-refractivity contribution in [2.45, 2.75) is 32.7 Å². The van der Waals surface area contributed by atoms with Gasteiger partial charge in [0.05, 0.1) is 0 Å². The third kappa shape index (κ3) is 5.30. The van der Waals surface area contributed by atoms with Crippen molar-refractivity contribution in [3.05, 3.63) is 30.3 Å². The molecule has 1 unspecified atom stereocenters. The van der Waals surface area contributed by atoms with Crippen molar-refractivity contribution in [1.82, 2.24) is 0 Å². The summed E-state index contributed by atoms with van der Waals surface area (Å²) in [7, 11) is -5.94. The number of hydrogen-bond donors (Lipinski definition) is 1. The highest BCUT2D eigenvalue weighted by atomic mass is 28.5. The molecule has 1 aromatic carbocycles. The molecule has 4 nitrogen and oxygen atoms in total. The maximum atomic E-state index is 10.1. The second-order valence-corrected chi connectivity index (χ2v) is 15.8. The smallest absolute Gasteiger partial charge is 0.351 e. The molecule has 0 radical (unpaired) electrons. The van der Waals surface area contributed by atoms with Crippen LogP contribution in [-0.4, -0.2) is 37.6 Å². The number of benzene rings is 1. The molecule has 19 heavy (non-hydrogen) atoms. The van der Waals surface area contributed by atoms with E-state index in [1.54, 1.807) is 20.2 Å². The Morgan fingerprint density at radius 2 is 1.42 bits per heavy atom. The Morgan fingerprint density at radius 1 is 0.895 bits per heavy atom. The minimum atomic E-state index is -2.68. The lowest BCUT2D eigenvalue weighted by Crippen LogP contribution is -2.62. The van der Waals surface area contributed by atoms with Gasteiger partial charge in [0, 0.05) is 7.11 Å². The third-order valence-corrected chi connectivity index (χ3v) is 12.1. The van der Waals surface area contributed by atoms with E-state index in [0.717, 1.165) is 5.19 Å². The molecule has 0 bridgehead atoms. The van der Waals surface area contributed by atoms with Crippen LogP contribution in [-0.2, 0) is 12.7 Å².